The first-order valence-electron chi connectivity index (χ1n) is 5.62. The van der Waals surface area contributed by atoms with Crippen LogP contribution in [0.15, 0.2) is 28.9 Å². The number of nitro groups is 1. The molecule has 0 aliphatic carbocycles. The molecule has 1 aromatic heterocycles. The fraction of sp³-hybridized carbons (Fsp3) is 0.167. The van der Waals surface area contributed by atoms with E-state index in [2.05, 4.69) is 25.9 Å². The number of hydrogen-bond acceptors (Lipinski definition) is 7. The third-order valence-electron chi connectivity index (χ3n) is 2.44. The minimum atomic E-state index is -0.561. The van der Waals surface area contributed by atoms with E-state index >= 15 is 0 Å². The van der Waals surface area contributed by atoms with Crippen molar-refractivity contribution in [3.63, 3.8) is 0 Å². The van der Waals surface area contributed by atoms with Crippen LogP contribution in [0.5, 0.6) is 23.4 Å². The Morgan fingerprint density at radius 2 is 2.05 bits per heavy atom. The molecule has 8 nitrogen and oxygen atoms in total. The van der Waals surface area contributed by atoms with E-state index in [9.17, 15) is 10.1 Å². The summed E-state index contributed by atoms with van der Waals surface area (Å²) < 4.78 is 15.9. The number of hydrogen-bond donors (Lipinski definition) is 0. The van der Waals surface area contributed by atoms with Crippen LogP contribution in [0.2, 0.25) is 0 Å². The van der Waals surface area contributed by atoms with E-state index in [0.29, 0.717) is 10.4 Å². The third-order valence-corrected chi connectivity index (χ3v) is 2.98. The molecule has 0 unspecified atom stereocenters. The molecule has 1 heterocycles. The molecule has 9 heteroatoms. The second-order valence-corrected chi connectivity index (χ2v) is 4.56. The maximum absolute atomic E-state index is 10.9. The Morgan fingerprint density at radius 1 is 1.29 bits per heavy atom. The molecule has 0 bridgehead atoms. The van der Waals surface area contributed by atoms with Crippen LogP contribution >= 0.6 is 15.9 Å². The van der Waals surface area contributed by atoms with E-state index in [1.807, 2.05) is 0 Å². The van der Waals surface area contributed by atoms with Gasteiger partial charge in [0.1, 0.15) is 5.75 Å². The Hall–Kier alpha value is -2.42. The quantitative estimate of drug-likeness (QED) is 0.600. The SMILES string of the molecule is COc1ccc(Oc2ncc(Br)c(OC)n2)cc1[N+](=O)[O-]. The number of rotatable bonds is 5. The Morgan fingerprint density at radius 3 is 2.67 bits per heavy atom. The Balaban J connectivity index is 2.31. The van der Waals surface area contributed by atoms with Crippen LogP contribution in [0.4, 0.5) is 5.69 Å². The molecule has 110 valence electrons. The molecule has 0 fully saturated rings. The van der Waals surface area contributed by atoms with Gasteiger partial charge in [-0.05, 0) is 28.1 Å². The van der Waals surface area contributed by atoms with Crippen LogP contribution in [0.3, 0.4) is 0 Å². The fourth-order valence-electron chi connectivity index (χ4n) is 1.51. The van der Waals surface area contributed by atoms with Gasteiger partial charge in [-0.25, -0.2) is 4.98 Å². The summed E-state index contributed by atoms with van der Waals surface area (Å²) >= 11 is 3.21. The minimum Gasteiger partial charge on any atom is -0.490 e. The summed E-state index contributed by atoms with van der Waals surface area (Å²) in [7, 11) is 2.81. The lowest BCUT2D eigenvalue weighted by atomic mass is 10.3. The van der Waals surface area contributed by atoms with Crippen LogP contribution in [-0.2, 0) is 0 Å². The molecule has 0 aliphatic heterocycles. The zero-order valence-electron chi connectivity index (χ0n) is 11.1. The van der Waals surface area contributed by atoms with Crippen molar-refractivity contribution < 1.29 is 19.1 Å². The molecule has 0 amide bonds. The lowest BCUT2D eigenvalue weighted by Gasteiger charge is -2.07. The molecule has 21 heavy (non-hydrogen) atoms. The van der Waals surface area contributed by atoms with Crippen molar-refractivity contribution >= 4 is 21.6 Å². The summed E-state index contributed by atoms with van der Waals surface area (Å²) in [6.07, 6.45) is 1.46. The zero-order valence-corrected chi connectivity index (χ0v) is 12.7. The zero-order chi connectivity index (χ0) is 15.4. The highest BCUT2D eigenvalue weighted by Gasteiger charge is 2.17. The van der Waals surface area contributed by atoms with Gasteiger partial charge < -0.3 is 14.2 Å². The number of nitrogens with zero attached hydrogens (tertiary/aromatic N) is 3. The first kappa shape index (κ1) is 15.0. The number of nitro benzene ring substituents is 1. The van der Waals surface area contributed by atoms with Crippen molar-refractivity contribution in [1.82, 2.24) is 9.97 Å². The third kappa shape index (κ3) is 3.37. The van der Waals surface area contributed by atoms with Crippen molar-refractivity contribution in [2.24, 2.45) is 0 Å². The maximum atomic E-state index is 10.9. The Bertz CT molecular complexity index is 680. The largest absolute Gasteiger partial charge is 0.490 e. The van der Waals surface area contributed by atoms with Gasteiger partial charge in [0.25, 0.3) is 0 Å². The molecule has 0 atom stereocenters. The average molecular weight is 356 g/mol. The van der Waals surface area contributed by atoms with Crippen molar-refractivity contribution in [2.45, 2.75) is 0 Å². The molecule has 2 aromatic rings. The molecule has 2 rings (SSSR count). The predicted octanol–water partition coefficient (Wildman–Crippen LogP) is 2.96. The van der Waals surface area contributed by atoms with E-state index in [4.69, 9.17) is 14.2 Å². The van der Waals surface area contributed by atoms with Crippen LogP contribution in [0.1, 0.15) is 0 Å². The Labute approximate surface area is 128 Å². The normalized spacial score (nSPS) is 10.0. The fourth-order valence-corrected chi connectivity index (χ4v) is 1.86. The Kier molecular flexibility index (Phi) is 4.53. The van der Waals surface area contributed by atoms with Crippen LogP contribution in [0, 0.1) is 10.1 Å². The van der Waals surface area contributed by atoms with Gasteiger partial charge in [-0.3, -0.25) is 10.1 Å². The molecule has 0 saturated heterocycles. The van der Waals surface area contributed by atoms with Crippen LogP contribution < -0.4 is 14.2 Å². The van der Waals surface area contributed by atoms with E-state index in [1.54, 1.807) is 0 Å². The highest BCUT2D eigenvalue weighted by atomic mass is 79.9. The van der Waals surface area contributed by atoms with Crippen LogP contribution in [0.25, 0.3) is 0 Å². The first-order valence-corrected chi connectivity index (χ1v) is 6.41. The van der Waals surface area contributed by atoms with Gasteiger partial charge >= 0.3 is 11.7 Å². The summed E-state index contributed by atoms with van der Waals surface area (Å²) in [6, 6.07) is 4.19. The molecule has 0 saturated carbocycles. The second kappa shape index (κ2) is 6.35. The highest BCUT2D eigenvalue weighted by molar-refractivity contribution is 9.10. The summed E-state index contributed by atoms with van der Waals surface area (Å²) in [5, 5.41) is 10.9. The van der Waals surface area contributed by atoms with Gasteiger partial charge in [-0.15, -0.1) is 0 Å². The number of benzene rings is 1. The van der Waals surface area contributed by atoms with E-state index in [1.165, 1.54) is 38.6 Å². The molecule has 1 aromatic carbocycles. The van der Waals surface area contributed by atoms with E-state index in [0.717, 1.165) is 0 Å². The maximum Gasteiger partial charge on any atom is 0.325 e. The van der Waals surface area contributed by atoms with Gasteiger partial charge in [0.2, 0.25) is 5.88 Å². The van der Waals surface area contributed by atoms with Gasteiger partial charge in [-0.1, -0.05) is 0 Å². The molecule has 0 spiro atoms. The smallest absolute Gasteiger partial charge is 0.325 e. The number of halogens is 1. The topological polar surface area (TPSA) is 96.6 Å². The minimum absolute atomic E-state index is 0.00881. The predicted molar refractivity (Wildman–Crippen MR) is 76.0 cm³/mol. The molecule has 0 radical (unpaired) electrons. The van der Waals surface area contributed by atoms with Gasteiger partial charge in [0.05, 0.1) is 35.9 Å². The summed E-state index contributed by atoms with van der Waals surface area (Å²) in [6.45, 7) is 0. The highest BCUT2D eigenvalue weighted by Crippen LogP contribution is 2.33. The summed E-state index contributed by atoms with van der Waals surface area (Å²) in [4.78, 5) is 18.3. The van der Waals surface area contributed by atoms with Crippen LogP contribution in [-0.4, -0.2) is 29.1 Å². The lowest BCUT2D eigenvalue weighted by Crippen LogP contribution is -1.97. The summed E-state index contributed by atoms with van der Waals surface area (Å²) in [5.74, 6) is 0.650. The second-order valence-electron chi connectivity index (χ2n) is 3.70. The van der Waals surface area contributed by atoms with Crippen molar-refractivity contribution in [1.29, 1.82) is 0 Å². The number of ether oxygens (including phenoxy) is 3. The van der Waals surface area contributed by atoms with Gasteiger partial charge in [-0.2, -0.15) is 4.98 Å². The van der Waals surface area contributed by atoms with Crippen molar-refractivity contribution in [3.05, 3.63) is 39.0 Å². The molecular weight excluding hydrogens is 346 g/mol. The monoisotopic (exact) mass is 355 g/mol. The van der Waals surface area contributed by atoms with Crippen molar-refractivity contribution in [2.75, 3.05) is 14.2 Å². The number of aromatic nitrogens is 2. The van der Waals surface area contributed by atoms with Gasteiger partial charge in [0.15, 0.2) is 5.75 Å². The van der Waals surface area contributed by atoms with Crippen molar-refractivity contribution in [3.8, 4) is 23.4 Å². The lowest BCUT2D eigenvalue weighted by molar-refractivity contribution is -0.385. The molecule has 0 N–H and O–H groups in total. The first-order chi connectivity index (χ1) is 10.0. The average Bonchev–Trinajstić information content (AvgIpc) is 2.49. The molecular formula is C12H10BrN3O5. The van der Waals surface area contributed by atoms with E-state index < -0.39 is 4.92 Å². The standard InChI is InChI=1S/C12H10BrN3O5/c1-19-10-4-3-7(5-9(10)16(17)18)21-12-14-6-8(13)11(15-12)20-2/h3-6H,1-2H3. The number of methoxy groups -OCH3 is 2. The molecule has 0 aliphatic rings. The van der Waals surface area contributed by atoms with Gasteiger partial charge in [0, 0.05) is 0 Å². The van der Waals surface area contributed by atoms with E-state index in [-0.39, 0.29) is 23.2 Å². The summed E-state index contributed by atoms with van der Waals surface area (Å²) in [5.41, 5.74) is -0.209.